The molecule has 21 heavy (non-hydrogen) atoms. The summed E-state index contributed by atoms with van der Waals surface area (Å²) < 4.78 is 13.2. The average Bonchev–Trinajstić information content (AvgIpc) is 2.75. The van der Waals surface area contributed by atoms with E-state index >= 15 is 0 Å². The molecule has 1 atom stereocenters. The predicted octanol–water partition coefficient (Wildman–Crippen LogP) is 2.57. The number of halogens is 1. The van der Waals surface area contributed by atoms with Crippen molar-refractivity contribution in [1.82, 2.24) is 5.32 Å². The third-order valence-corrected chi connectivity index (χ3v) is 4.78. The number of aliphatic carboxylic acids is 1. The Balaban J connectivity index is 1.66. The molecular weight excluding hydrogens is 273 g/mol. The number of aryl methyl sites for hydroxylation is 1. The molecule has 5 heteroatoms. The summed E-state index contributed by atoms with van der Waals surface area (Å²) in [4.78, 5) is 23.4. The van der Waals surface area contributed by atoms with E-state index < -0.39 is 11.4 Å². The molecule has 0 aliphatic heterocycles. The van der Waals surface area contributed by atoms with Gasteiger partial charge in [0.2, 0.25) is 5.91 Å². The van der Waals surface area contributed by atoms with Crippen molar-refractivity contribution in [3.05, 3.63) is 35.1 Å². The summed E-state index contributed by atoms with van der Waals surface area (Å²) in [5.74, 6) is -1.36. The fraction of sp³-hybridized carbons (Fsp3) is 0.500. The predicted molar refractivity (Wildman–Crippen MR) is 74.1 cm³/mol. The summed E-state index contributed by atoms with van der Waals surface area (Å²) in [5, 5.41) is 12.2. The second kappa shape index (κ2) is 5.13. The number of carboxylic acids is 1. The van der Waals surface area contributed by atoms with Crippen molar-refractivity contribution < 1.29 is 19.1 Å². The molecule has 1 aromatic rings. The summed E-state index contributed by atoms with van der Waals surface area (Å²) >= 11 is 0. The molecule has 1 aromatic carbocycles. The molecule has 0 spiro atoms. The summed E-state index contributed by atoms with van der Waals surface area (Å²) in [6, 6.07) is 4.48. The summed E-state index contributed by atoms with van der Waals surface area (Å²) in [5.41, 5.74) is 1.01. The number of carboxylic acid groups (broad SMARTS) is 1. The maximum Gasteiger partial charge on any atom is 0.310 e. The molecule has 2 aliphatic carbocycles. The number of nitrogens with one attached hydrogen (secondary N) is 1. The normalized spacial score (nSPS) is 22.2. The highest BCUT2D eigenvalue weighted by molar-refractivity contribution is 5.85. The largest absolute Gasteiger partial charge is 0.481 e. The first-order valence-electron chi connectivity index (χ1n) is 7.31. The van der Waals surface area contributed by atoms with Crippen LogP contribution in [0.3, 0.4) is 0 Å². The van der Waals surface area contributed by atoms with Gasteiger partial charge in [-0.25, -0.2) is 4.39 Å². The van der Waals surface area contributed by atoms with Crippen LogP contribution in [0.15, 0.2) is 18.2 Å². The van der Waals surface area contributed by atoms with Gasteiger partial charge in [0.1, 0.15) is 5.82 Å². The number of fused-ring (bicyclic) bond motifs is 1. The van der Waals surface area contributed by atoms with Crippen LogP contribution in [0.2, 0.25) is 0 Å². The Kier molecular flexibility index (Phi) is 3.43. The van der Waals surface area contributed by atoms with Crippen LogP contribution in [-0.2, 0) is 16.0 Å². The monoisotopic (exact) mass is 291 g/mol. The second-order valence-electron chi connectivity index (χ2n) is 6.12. The van der Waals surface area contributed by atoms with Crippen LogP contribution in [0.5, 0.6) is 0 Å². The molecule has 1 fully saturated rings. The Labute approximate surface area is 122 Å². The number of carbonyl (C=O) groups is 2. The maximum atomic E-state index is 13.2. The molecule has 112 valence electrons. The van der Waals surface area contributed by atoms with E-state index in [9.17, 15) is 19.1 Å². The molecule has 0 heterocycles. The van der Waals surface area contributed by atoms with Gasteiger partial charge in [0.15, 0.2) is 0 Å². The van der Waals surface area contributed by atoms with Crippen LogP contribution in [-0.4, -0.2) is 17.0 Å². The smallest absolute Gasteiger partial charge is 0.310 e. The number of carbonyl (C=O) groups excluding carboxylic acids is 1. The highest BCUT2D eigenvalue weighted by Crippen LogP contribution is 2.44. The SMILES string of the molecule is O=C(CC1(C(=O)O)CCC1)NC1CCc2cc(F)ccc21. The van der Waals surface area contributed by atoms with Crippen molar-refractivity contribution >= 4 is 11.9 Å². The zero-order valence-electron chi connectivity index (χ0n) is 11.7. The summed E-state index contributed by atoms with van der Waals surface area (Å²) in [6.07, 6.45) is 3.53. The van der Waals surface area contributed by atoms with Crippen LogP contribution in [0, 0.1) is 11.2 Å². The van der Waals surface area contributed by atoms with Gasteiger partial charge in [-0.05, 0) is 48.9 Å². The summed E-state index contributed by atoms with van der Waals surface area (Å²) in [7, 11) is 0. The van der Waals surface area contributed by atoms with Crippen molar-refractivity contribution in [2.45, 2.75) is 44.6 Å². The fourth-order valence-corrected chi connectivity index (χ4v) is 3.36. The van der Waals surface area contributed by atoms with Crippen molar-refractivity contribution in [1.29, 1.82) is 0 Å². The minimum absolute atomic E-state index is 0.0371. The quantitative estimate of drug-likeness (QED) is 0.896. The van der Waals surface area contributed by atoms with Crippen molar-refractivity contribution in [2.75, 3.05) is 0 Å². The standard InChI is InChI=1S/C16H18FNO3/c17-11-3-4-12-10(8-11)2-5-13(12)18-14(19)9-16(15(20)21)6-1-7-16/h3-4,8,13H,1-2,5-7,9H2,(H,18,19)(H,20,21). The Bertz CT molecular complexity index is 595. The Morgan fingerprint density at radius 1 is 1.38 bits per heavy atom. The second-order valence-corrected chi connectivity index (χ2v) is 6.12. The first-order valence-corrected chi connectivity index (χ1v) is 7.31. The zero-order chi connectivity index (χ0) is 15.0. The first-order chi connectivity index (χ1) is 10.00. The average molecular weight is 291 g/mol. The van der Waals surface area contributed by atoms with Gasteiger partial charge in [-0.2, -0.15) is 0 Å². The minimum atomic E-state index is -0.877. The first kappa shape index (κ1) is 14.0. The number of benzene rings is 1. The molecule has 2 N–H and O–H groups in total. The van der Waals surface area contributed by atoms with Crippen molar-refractivity contribution in [2.24, 2.45) is 5.41 Å². The molecule has 0 aromatic heterocycles. The van der Waals surface area contributed by atoms with E-state index in [0.29, 0.717) is 12.8 Å². The number of hydrogen-bond donors (Lipinski definition) is 2. The Morgan fingerprint density at radius 2 is 2.14 bits per heavy atom. The van der Waals surface area contributed by atoms with Gasteiger partial charge in [0, 0.05) is 6.42 Å². The van der Waals surface area contributed by atoms with Crippen LogP contribution in [0.1, 0.15) is 49.3 Å². The topological polar surface area (TPSA) is 66.4 Å². The van der Waals surface area contributed by atoms with Gasteiger partial charge < -0.3 is 10.4 Å². The molecular formula is C16H18FNO3. The zero-order valence-corrected chi connectivity index (χ0v) is 11.7. The minimum Gasteiger partial charge on any atom is -0.481 e. The van der Waals surface area contributed by atoms with Gasteiger partial charge in [-0.1, -0.05) is 12.5 Å². The number of rotatable bonds is 4. The molecule has 1 unspecified atom stereocenters. The number of amides is 1. The highest BCUT2D eigenvalue weighted by Gasteiger charge is 2.46. The van der Waals surface area contributed by atoms with Gasteiger partial charge >= 0.3 is 5.97 Å². The third-order valence-electron chi connectivity index (χ3n) is 4.78. The Morgan fingerprint density at radius 3 is 2.76 bits per heavy atom. The molecule has 0 saturated heterocycles. The fourth-order valence-electron chi connectivity index (χ4n) is 3.36. The van der Waals surface area contributed by atoms with Crippen molar-refractivity contribution in [3.8, 4) is 0 Å². The van der Waals surface area contributed by atoms with Gasteiger partial charge in [-0.15, -0.1) is 0 Å². The lowest BCUT2D eigenvalue weighted by molar-refractivity contribution is -0.157. The molecule has 2 aliphatic rings. The van der Waals surface area contributed by atoms with E-state index in [4.69, 9.17) is 0 Å². The van der Waals surface area contributed by atoms with E-state index in [1.54, 1.807) is 6.07 Å². The van der Waals surface area contributed by atoms with Gasteiger partial charge in [0.05, 0.1) is 11.5 Å². The molecule has 0 bridgehead atoms. The van der Waals surface area contributed by atoms with E-state index in [-0.39, 0.29) is 24.2 Å². The number of hydrogen-bond acceptors (Lipinski definition) is 2. The van der Waals surface area contributed by atoms with Crippen molar-refractivity contribution in [3.63, 3.8) is 0 Å². The van der Waals surface area contributed by atoms with E-state index in [1.807, 2.05) is 0 Å². The lowest BCUT2D eigenvalue weighted by Gasteiger charge is -2.37. The van der Waals surface area contributed by atoms with Crippen LogP contribution in [0.25, 0.3) is 0 Å². The van der Waals surface area contributed by atoms with E-state index in [1.165, 1.54) is 12.1 Å². The van der Waals surface area contributed by atoms with E-state index in [2.05, 4.69) is 5.32 Å². The van der Waals surface area contributed by atoms with Gasteiger partial charge in [-0.3, -0.25) is 9.59 Å². The molecule has 1 amide bonds. The van der Waals surface area contributed by atoms with Crippen LogP contribution >= 0.6 is 0 Å². The lowest BCUT2D eigenvalue weighted by Crippen LogP contribution is -2.43. The lowest BCUT2D eigenvalue weighted by atomic mass is 9.66. The molecule has 3 rings (SSSR count). The van der Waals surface area contributed by atoms with Gasteiger partial charge in [0.25, 0.3) is 0 Å². The van der Waals surface area contributed by atoms with E-state index in [0.717, 1.165) is 30.4 Å². The molecule has 1 saturated carbocycles. The Hall–Kier alpha value is -1.91. The summed E-state index contributed by atoms with van der Waals surface area (Å²) in [6.45, 7) is 0. The highest BCUT2D eigenvalue weighted by atomic mass is 19.1. The van der Waals surface area contributed by atoms with Crippen LogP contribution in [0.4, 0.5) is 4.39 Å². The van der Waals surface area contributed by atoms with Crippen LogP contribution < -0.4 is 5.32 Å². The maximum absolute atomic E-state index is 13.2. The third kappa shape index (κ3) is 2.52. The molecule has 4 nitrogen and oxygen atoms in total. The molecule has 0 radical (unpaired) electrons.